The summed E-state index contributed by atoms with van der Waals surface area (Å²) < 4.78 is 19.2. The van der Waals surface area contributed by atoms with Crippen molar-refractivity contribution >= 4 is 28.8 Å². The highest BCUT2D eigenvalue weighted by molar-refractivity contribution is 5.89. The van der Waals surface area contributed by atoms with Crippen LogP contribution in [0.3, 0.4) is 0 Å². The Morgan fingerprint density at radius 3 is 2.60 bits per heavy atom. The number of methoxy groups -OCH3 is 1. The summed E-state index contributed by atoms with van der Waals surface area (Å²) in [6.07, 6.45) is 3.68. The summed E-state index contributed by atoms with van der Waals surface area (Å²) >= 11 is 0. The first kappa shape index (κ1) is 32.0. The van der Waals surface area contributed by atoms with Crippen LogP contribution in [0.15, 0.2) is 42.7 Å². The van der Waals surface area contributed by atoms with E-state index in [0.29, 0.717) is 35.7 Å². The molecule has 2 aliphatic rings. The van der Waals surface area contributed by atoms with Gasteiger partial charge in [0.05, 0.1) is 25.2 Å². The normalized spacial score (nSPS) is 19.6. The summed E-state index contributed by atoms with van der Waals surface area (Å²) in [6.45, 7) is 7.25. The highest BCUT2D eigenvalue weighted by atomic mass is 16.6. The van der Waals surface area contributed by atoms with Crippen LogP contribution in [0.5, 0.6) is 11.5 Å². The molecule has 2 aromatic heterocycles. The summed E-state index contributed by atoms with van der Waals surface area (Å²) in [7, 11) is 1.58. The first-order valence-electron chi connectivity index (χ1n) is 15.4. The summed E-state index contributed by atoms with van der Waals surface area (Å²) in [5.74, 6) is 0.640. The summed E-state index contributed by atoms with van der Waals surface area (Å²) in [4.78, 5) is 45.8. The molecule has 0 bridgehead atoms. The number of nitrogens with one attached hydrogen (secondary N) is 2. The molecule has 1 aliphatic heterocycles. The lowest BCUT2D eigenvalue weighted by molar-refractivity contribution is -0.133. The smallest absolute Gasteiger partial charge is 0.411 e. The summed E-state index contributed by atoms with van der Waals surface area (Å²) in [5.41, 5.74) is -0.174. The van der Waals surface area contributed by atoms with Gasteiger partial charge in [0, 0.05) is 42.4 Å². The number of likely N-dealkylation sites (tertiary alicyclic amines) is 1. The van der Waals surface area contributed by atoms with Crippen LogP contribution in [0.4, 0.5) is 4.79 Å². The highest BCUT2D eigenvalue weighted by Gasteiger charge is 2.44. The van der Waals surface area contributed by atoms with E-state index in [1.165, 1.54) is 4.90 Å². The van der Waals surface area contributed by atoms with Crippen molar-refractivity contribution in [3.8, 4) is 17.3 Å². The lowest BCUT2D eigenvalue weighted by Crippen LogP contribution is -2.55. The maximum absolute atomic E-state index is 13.8. The number of rotatable bonds is 11. The molecule has 1 aromatic carbocycles. The van der Waals surface area contributed by atoms with Crippen LogP contribution < -0.4 is 20.1 Å². The molecule has 13 heteroatoms. The SMILES string of the molecule is CCC[C@H](NC(=O)[C@@H]1C[C@@H](Oc2cc(-n3cccn3)nc3cc(OC)ccc23)CN1C(=O)OC(C)(C)C)C(O)C(=O)NC1CC1. The third-order valence-electron chi connectivity index (χ3n) is 7.69. The Labute approximate surface area is 262 Å². The first-order valence-corrected chi connectivity index (χ1v) is 15.4. The van der Waals surface area contributed by atoms with Crippen molar-refractivity contribution in [1.29, 1.82) is 0 Å². The number of hydrogen-bond donors (Lipinski definition) is 3. The van der Waals surface area contributed by atoms with Crippen LogP contribution in [0.1, 0.15) is 59.8 Å². The quantitative estimate of drug-likeness (QED) is 0.292. The van der Waals surface area contributed by atoms with E-state index in [1.54, 1.807) is 69.2 Å². The zero-order valence-electron chi connectivity index (χ0n) is 26.4. The molecule has 4 atom stereocenters. The summed E-state index contributed by atoms with van der Waals surface area (Å²) in [6, 6.07) is 7.29. The number of nitrogens with zero attached hydrogens (tertiary/aromatic N) is 4. The molecule has 1 unspecified atom stereocenters. The van der Waals surface area contributed by atoms with Crippen LogP contribution >= 0.6 is 0 Å². The fourth-order valence-electron chi connectivity index (χ4n) is 5.34. The molecule has 1 saturated heterocycles. The Kier molecular flexibility index (Phi) is 9.47. The van der Waals surface area contributed by atoms with Gasteiger partial charge in [-0.2, -0.15) is 5.10 Å². The van der Waals surface area contributed by atoms with Crippen molar-refractivity contribution in [3.63, 3.8) is 0 Å². The van der Waals surface area contributed by atoms with E-state index in [4.69, 9.17) is 19.2 Å². The molecule has 2 fully saturated rings. The standard InChI is InChI=1S/C32H42N6O7/c1-6-8-23(28(39)30(41)34-19-9-10-19)36-29(40)25-16-21(18-37(25)31(42)45-32(2,3)4)44-26-17-27(38-14-7-13-33-38)35-24-15-20(43-5)11-12-22(24)26/h7,11-15,17,19,21,23,25,28,39H,6,8-10,16,18H2,1-5H3,(H,34,41)(H,36,40)/t21-,23+,25+,28?/m1/s1. The Morgan fingerprint density at radius 1 is 1.18 bits per heavy atom. The molecular weight excluding hydrogens is 580 g/mol. The average molecular weight is 623 g/mol. The van der Waals surface area contributed by atoms with Gasteiger partial charge in [-0.25, -0.2) is 14.5 Å². The van der Waals surface area contributed by atoms with Crippen molar-refractivity contribution < 1.29 is 33.7 Å². The van der Waals surface area contributed by atoms with E-state index in [1.807, 2.05) is 13.0 Å². The van der Waals surface area contributed by atoms with Gasteiger partial charge in [-0.05, 0) is 58.2 Å². The number of carbonyl (C=O) groups excluding carboxylic acids is 3. The van der Waals surface area contributed by atoms with Crippen LogP contribution in [0.25, 0.3) is 16.7 Å². The molecule has 0 radical (unpaired) electrons. The second-order valence-corrected chi connectivity index (χ2v) is 12.6. The molecule has 13 nitrogen and oxygen atoms in total. The second-order valence-electron chi connectivity index (χ2n) is 12.6. The van der Waals surface area contributed by atoms with Crippen LogP contribution in [-0.4, -0.2) is 92.3 Å². The monoisotopic (exact) mass is 622 g/mol. The number of aliphatic hydroxyl groups is 1. The Bertz CT molecular complexity index is 1520. The average Bonchev–Trinajstić information content (AvgIpc) is 3.45. The minimum Gasteiger partial charge on any atom is -0.497 e. The third-order valence-corrected chi connectivity index (χ3v) is 7.69. The lowest BCUT2D eigenvalue weighted by Gasteiger charge is -2.29. The summed E-state index contributed by atoms with van der Waals surface area (Å²) in [5, 5.41) is 21.5. The van der Waals surface area contributed by atoms with E-state index < -0.39 is 47.8 Å². The van der Waals surface area contributed by atoms with E-state index in [-0.39, 0.29) is 19.0 Å². The van der Waals surface area contributed by atoms with E-state index in [2.05, 4.69) is 15.7 Å². The first-order chi connectivity index (χ1) is 21.5. The Morgan fingerprint density at radius 2 is 1.96 bits per heavy atom. The molecule has 45 heavy (non-hydrogen) atoms. The number of pyridine rings is 1. The largest absolute Gasteiger partial charge is 0.497 e. The minimum absolute atomic E-state index is 0.0692. The number of benzene rings is 1. The van der Waals surface area contributed by atoms with Gasteiger partial charge in [0.2, 0.25) is 5.91 Å². The zero-order valence-corrected chi connectivity index (χ0v) is 26.4. The van der Waals surface area contributed by atoms with Crippen molar-refractivity contribution in [2.75, 3.05) is 13.7 Å². The molecule has 242 valence electrons. The molecule has 1 aliphatic carbocycles. The number of ether oxygens (including phenoxy) is 3. The number of hydrogen-bond acceptors (Lipinski definition) is 9. The van der Waals surface area contributed by atoms with Gasteiger partial charge in [0.1, 0.15) is 29.2 Å². The van der Waals surface area contributed by atoms with Crippen molar-refractivity contribution in [2.45, 2.75) is 95.7 Å². The van der Waals surface area contributed by atoms with Gasteiger partial charge in [0.25, 0.3) is 5.91 Å². The van der Waals surface area contributed by atoms with Gasteiger partial charge in [-0.1, -0.05) is 13.3 Å². The van der Waals surface area contributed by atoms with Gasteiger partial charge in [-0.15, -0.1) is 0 Å². The van der Waals surface area contributed by atoms with Crippen LogP contribution in [0.2, 0.25) is 0 Å². The number of fused-ring (bicyclic) bond motifs is 1. The predicted octanol–water partition coefficient (Wildman–Crippen LogP) is 3.11. The Balaban J connectivity index is 1.41. The molecule has 1 saturated carbocycles. The fraction of sp³-hybridized carbons (Fsp3) is 0.531. The zero-order chi connectivity index (χ0) is 32.3. The number of amides is 3. The third kappa shape index (κ3) is 7.83. The van der Waals surface area contributed by atoms with Crippen molar-refractivity contribution in [2.24, 2.45) is 0 Å². The van der Waals surface area contributed by atoms with Gasteiger partial charge in [0.15, 0.2) is 11.9 Å². The van der Waals surface area contributed by atoms with Crippen LogP contribution in [-0.2, 0) is 14.3 Å². The van der Waals surface area contributed by atoms with E-state index in [0.717, 1.165) is 18.2 Å². The van der Waals surface area contributed by atoms with Crippen molar-refractivity contribution in [3.05, 3.63) is 42.7 Å². The van der Waals surface area contributed by atoms with Crippen LogP contribution in [0, 0.1) is 0 Å². The fourth-order valence-corrected chi connectivity index (χ4v) is 5.34. The molecular formula is C32H42N6O7. The number of aromatic nitrogens is 3. The molecule has 3 aromatic rings. The maximum atomic E-state index is 13.8. The van der Waals surface area contributed by atoms with E-state index in [9.17, 15) is 19.5 Å². The van der Waals surface area contributed by atoms with Gasteiger partial charge in [-0.3, -0.25) is 14.5 Å². The highest BCUT2D eigenvalue weighted by Crippen LogP contribution is 2.33. The molecule has 5 rings (SSSR count). The Hall–Kier alpha value is -4.39. The second kappa shape index (κ2) is 13.3. The predicted molar refractivity (Wildman–Crippen MR) is 165 cm³/mol. The molecule has 3 N–H and O–H groups in total. The van der Waals surface area contributed by atoms with Crippen molar-refractivity contribution in [1.82, 2.24) is 30.3 Å². The molecule has 3 heterocycles. The molecule has 0 spiro atoms. The lowest BCUT2D eigenvalue weighted by atomic mass is 10.0. The minimum atomic E-state index is -1.42. The van der Waals surface area contributed by atoms with Gasteiger partial charge < -0.3 is 30.0 Å². The molecule has 3 amide bonds. The topological polar surface area (TPSA) is 157 Å². The van der Waals surface area contributed by atoms with E-state index >= 15 is 0 Å². The van der Waals surface area contributed by atoms with Gasteiger partial charge >= 0.3 is 6.09 Å². The maximum Gasteiger partial charge on any atom is 0.411 e. The number of aliphatic hydroxyl groups excluding tert-OH is 1. The number of carbonyl (C=O) groups is 3.